The van der Waals surface area contributed by atoms with Crippen LogP contribution in [0.3, 0.4) is 0 Å². The fraction of sp³-hybridized carbons (Fsp3) is 0. The standard InChI is InChI=1S/3Mo.4O3PS2/c;;;4*1-4(2,5)6-3/q3*+4;4*-3. The van der Waals surface area contributed by atoms with Crippen LogP contribution in [0.25, 0.3) is 0 Å². The van der Waals surface area contributed by atoms with E-state index in [-0.39, 0.29) is 63.2 Å². The summed E-state index contributed by atoms with van der Waals surface area (Å²) in [6.45, 7) is 0. The molecule has 0 aromatic rings. The van der Waals surface area contributed by atoms with E-state index >= 15 is 0 Å². The molecule has 0 rings (SSSR count). The second-order valence-electron chi connectivity index (χ2n) is 2.09. The molecule has 0 saturated heterocycles. The second kappa shape index (κ2) is 25.6. The van der Waals surface area contributed by atoms with Crippen LogP contribution in [0.2, 0.25) is 0 Å². The summed E-state index contributed by atoms with van der Waals surface area (Å²) in [5.41, 5.74) is -15.8. The fourth-order valence-corrected chi connectivity index (χ4v) is 0. The molecular formula is Mo3O12P4S8. The average molecular weight is 860 g/mol. The maximum absolute atomic E-state index is 9.49. The van der Waals surface area contributed by atoms with Gasteiger partial charge in [-0.1, -0.05) is 0 Å². The molecule has 0 fully saturated rings. The van der Waals surface area contributed by atoms with E-state index in [9.17, 15) is 56.0 Å². The summed E-state index contributed by atoms with van der Waals surface area (Å²) in [5.74, 6) is 0. The zero-order chi connectivity index (χ0) is 20.8. The first kappa shape index (κ1) is 49.2. The summed E-state index contributed by atoms with van der Waals surface area (Å²) in [7, 11) is -2.21. The van der Waals surface area contributed by atoms with Gasteiger partial charge in [-0.25, -0.2) is 16.8 Å². The molecular weight excluding hydrogens is 860 g/mol. The molecule has 0 aromatic carbocycles. The molecule has 0 N–H and O–H groups in total. The van der Waals surface area contributed by atoms with Crippen molar-refractivity contribution in [2.75, 3.05) is 0 Å². The van der Waals surface area contributed by atoms with Gasteiger partial charge in [0.25, 0.3) is 0 Å². The first-order valence-electron chi connectivity index (χ1n) is 3.59. The zero-order valence-electron chi connectivity index (χ0n) is 11.2. The Balaban J connectivity index is -0.0000000381. The maximum Gasteiger partial charge on any atom is 4.00 e. The molecule has 0 aromatic heterocycles. The number of rotatable bonds is 0. The van der Waals surface area contributed by atoms with Crippen LogP contribution in [0, 0.1) is 0 Å². The second-order valence-corrected chi connectivity index (χ2v) is 22.4. The van der Waals surface area contributed by atoms with Crippen LogP contribution in [0.15, 0.2) is 0 Å². The summed E-state index contributed by atoms with van der Waals surface area (Å²) in [4.78, 5) is 75.9. The zero-order valence-corrected chi connectivity index (χ0v) is 27.3. The maximum atomic E-state index is 9.49. The fourth-order valence-electron chi connectivity index (χ4n) is 0. The minimum atomic E-state index is -3.95. The van der Waals surface area contributed by atoms with Gasteiger partial charge in [0, 0.05) is 43.4 Å². The van der Waals surface area contributed by atoms with Crippen LogP contribution >= 0.6 is 22.8 Å². The largest absolute Gasteiger partial charge is 4.00 e. The Morgan fingerprint density at radius 2 is 0.444 bits per heavy atom. The Morgan fingerprint density at radius 3 is 0.444 bits per heavy atom. The predicted molar refractivity (Wildman–Crippen MR) is 89.7 cm³/mol. The Kier molecular flexibility index (Phi) is 46.5. The van der Waals surface area contributed by atoms with Gasteiger partial charge in [-0.15, -0.1) is 0 Å². The van der Waals surface area contributed by atoms with E-state index in [0.717, 1.165) is 0 Å². The van der Waals surface area contributed by atoms with Crippen LogP contribution in [0.5, 0.6) is 0 Å². The quantitative estimate of drug-likeness (QED) is 0.125. The van der Waals surface area contributed by atoms with Gasteiger partial charge >= 0.3 is 63.2 Å². The van der Waals surface area contributed by atoms with Crippen molar-refractivity contribution >= 4 is 115 Å². The van der Waals surface area contributed by atoms with Gasteiger partial charge in [-0.2, -0.15) is 0 Å². The summed E-state index contributed by atoms with van der Waals surface area (Å²) < 4.78 is 36.8. The van der Waals surface area contributed by atoms with Gasteiger partial charge in [0.2, 0.25) is 0 Å². The Hall–Kier alpha value is 4.94. The van der Waals surface area contributed by atoms with Crippen molar-refractivity contribution in [2.45, 2.75) is 0 Å². The van der Waals surface area contributed by atoms with Crippen molar-refractivity contribution in [3.8, 4) is 0 Å². The average Bonchev–Trinajstić information content (AvgIpc) is 2.37. The van der Waals surface area contributed by atoms with Crippen molar-refractivity contribution in [3.63, 3.8) is 0 Å². The summed E-state index contributed by atoms with van der Waals surface area (Å²) >= 11 is 14.5. The first-order chi connectivity index (χ1) is 10.2. The molecule has 0 spiro atoms. The van der Waals surface area contributed by atoms with Gasteiger partial charge in [-0.05, 0) is 0 Å². The molecule has 12 nitrogen and oxygen atoms in total. The molecule has 0 saturated carbocycles. The SMILES string of the molecule is O=S=P([O-])([O-])[S-].O=S=P([O-])([O-])[S-].O=S=P([O-])([O-])[S-].O=S=P([O-])([O-])[S-].[Mo+4].[Mo+4].[Mo+4]. The normalized spacial score (nSPS) is 9.93. The predicted octanol–water partition coefficient (Wildman–Crippen LogP) is -7.43. The smallest absolute Gasteiger partial charge is 0.848 e. The number of hydrogen-bond donors (Lipinski definition) is 0. The Bertz CT molecular complexity index is 524. The molecule has 0 aliphatic rings. The van der Waals surface area contributed by atoms with Crippen LogP contribution in [-0.4, -0.2) is 16.8 Å². The van der Waals surface area contributed by atoms with Gasteiger partial charge in [0.1, 0.15) is 0 Å². The van der Waals surface area contributed by atoms with Gasteiger partial charge in [0.05, 0.1) is 0 Å². The molecule has 0 aliphatic heterocycles. The van der Waals surface area contributed by atoms with Gasteiger partial charge in [-0.3, -0.25) is 0 Å². The van der Waals surface area contributed by atoms with Crippen molar-refractivity contribution in [3.05, 3.63) is 0 Å². The van der Waals surface area contributed by atoms with E-state index in [1.807, 2.05) is 0 Å². The Labute approximate surface area is 231 Å². The summed E-state index contributed by atoms with van der Waals surface area (Å²) in [6, 6.07) is 0. The van der Waals surface area contributed by atoms with Crippen molar-refractivity contribution < 1.29 is 119 Å². The van der Waals surface area contributed by atoms with E-state index in [2.05, 4.69) is 49.0 Å². The minimum absolute atomic E-state index is 0. The first-order valence-corrected chi connectivity index (χ1v) is 19.5. The molecule has 158 valence electrons. The van der Waals surface area contributed by atoms with Crippen molar-refractivity contribution in [1.29, 1.82) is 0 Å². The topological polar surface area (TPSA) is 253 Å². The molecule has 0 aliphatic carbocycles. The molecule has 0 bridgehead atoms. The molecule has 0 radical (unpaired) electrons. The van der Waals surface area contributed by atoms with E-state index in [1.54, 1.807) is 0 Å². The third-order valence-corrected chi connectivity index (χ3v) is 5.48. The van der Waals surface area contributed by atoms with Crippen LogP contribution < -0.4 is 39.1 Å². The monoisotopic (exact) mass is 865 g/mol. The molecule has 0 atom stereocenters. The minimum Gasteiger partial charge on any atom is -0.848 e. The van der Waals surface area contributed by atoms with Crippen LogP contribution in [0.4, 0.5) is 0 Å². The molecule has 0 unspecified atom stereocenters. The van der Waals surface area contributed by atoms with E-state index in [4.69, 9.17) is 0 Å². The molecule has 0 heterocycles. The van der Waals surface area contributed by atoms with Crippen molar-refractivity contribution in [2.24, 2.45) is 0 Å². The van der Waals surface area contributed by atoms with E-state index in [1.165, 1.54) is 0 Å². The molecule has 0 amide bonds. The van der Waals surface area contributed by atoms with Crippen molar-refractivity contribution in [1.82, 2.24) is 0 Å². The summed E-state index contributed by atoms with van der Waals surface area (Å²) in [6.07, 6.45) is 0. The van der Waals surface area contributed by atoms with E-state index in [0.29, 0.717) is 0 Å². The number of hydrogen-bond acceptors (Lipinski definition) is 16. The van der Waals surface area contributed by atoms with Gasteiger partial charge < -0.3 is 111 Å². The van der Waals surface area contributed by atoms with Crippen LogP contribution in [0.1, 0.15) is 0 Å². The van der Waals surface area contributed by atoms with E-state index < -0.39 is 66.2 Å². The van der Waals surface area contributed by atoms with Gasteiger partial charge in [0.15, 0.2) is 0 Å². The molecule has 27 heteroatoms. The Morgan fingerprint density at radius 1 is 0.407 bits per heavy atom. The van der Waals surface area contributed by atoms with Crippen LogP contribution in [-0.2, 0) is 156 Å². The third kappa shape index (κ3) is 90.3. The third-order valence-electron chi connectivity index (χ3n) is 0.365. The molecule has 27 heavy (non-hydrogen) atoms. The summed E-state index contributed by atoms with van der Waals surface area (Å²) in [5, 5.41) is 0.